The first-order chi connectivity index (χ1) is 13.0. The van der Waals surface area contributed by atoms with Crippen LogP contribution in [0.1, 0.15) is 6.42 Å². The molecular formula is C18H16N4O5. The highest BCUT2D eigenvalue weighted by Gasteiger charge is 2.20. The lowest BCUT2D eigenvalue weighted by atomic mass is 10.2. The van der Waals surface area contributed by atoms with Gasteiger partial charge in [0.05, 0.1) is 19.7 Å². The lowest BCUT2D eigenvalue weighted by Gasteiger charge is -2.07. The molecule has 3 heterocycles. The minimum absolute atomic E-state index is 0.0786. The Kier molecular flexibility index (Phi) is 3.91. The number of nitrogens with zero attached hydrogens (tertiary/aromatic N) is 4. The molecule has 0 bridgehead atoms. The summed E-state index contributed by atoms with van der Waals surface area (Å²) in [6, 6.07) is 9.41. The molecule has 3 aromatic heterocycles. The van der Waals surface area contributed by atoms with Crippen molar-refractivity contribution in [2.24, 2.45) is 7.05 Å². The first kappa shape index (κ1) is 16.8. The smallest absolute Gasteiger partial charge is 0.332 e. The van der Waals surface area contributed by atoms with Gasteiger partial charge in [-0.05, 0) is 0 Å². The third-order valence-electron chi connectivity index (χ3n) is 4.42. The molecule has 138 valence electrons. The molecule has 0 saturated heterocycles. The van der Waals surface area contributed by atoms with Gasteiger partial charge in [0.2, 0.25) is 0 Å². The maximum Gasteiger partial charge on any atom is 0.332 e. The second-order valence-corrected chi connectivity index (χ2v) is 6.02. The normalized spacial score (nSPS) is 11.3. The molecule has 0 unspecified atom stereocenters. The lowest BCUT2D eigenvalue weighted by Crippen LogP contribution is -2.39. The zero-order chi connectivity index (χ0) is 19.1. The Morgan fingerprint density at radius 2 is 1.96 bits per heavy atom. The van der Waals surface area contributed by atoms with Crippen LogP contribution in [0.2, 0.25) is 0 Å². The second-order valence-electron chi connectivity index (χ2n) is 6.02. The van der Waals surface area contributed by atoms with Crippen molar-refractivity contribution < 1.29 is 13.9 Å². The zero-order valence-corrected chi connectivity index (χ0v) is 14.7. The Morgan fingerprint density at radius 3 is 2.67 bits per heavy atom. The Hall–Kier alpha value is -3.62. The number of esters is 1. The fraction of sp³-hybridized carbons (Fsp3) is 0.222. The highest BCUT2D eigenvalue weighted by Crippen LogP contribution is 2.24. The maximum atomic E-state index is 12.9. The van der Waals surface area contributed by atoms with Crippen molar-refractivity contribution in [3.05, 3.63) is 57.4 Å². The number of oxazole rings is 1. The Labute approximate surface area is 152 Å². The molecule has 0 spiro atoms. The quantitative estimate of drug-likeness (QED) is 0.501. The number of hydrogen-bond acceptors (Lipinski definition) is 6. The van der Waals surface area contributed by atoms with E-state index in [0.29, 0.717) is 5.76 Å². The molecule has 0 fully saturated rings. The molecule has 0 aliphatic heterocycles. The van der Waals surface area contributed by atoms with Crippen molar-refractivity contribution in [3.8, 4) is 11.3 Å². The van der Waals surface area contributed by atoms with Gasteiger partial charge in [-0.3, -0.25) is 23.1 Å². The standard InChI is InChI=1S/C18H16N4O5/c1-20-15-14(16(24)21(18(20)25)9-8-13(23)26-2)22-10-12(27-17(22)19-15)11-6-4-3-5-7-11/h3-7,10H,8-9H2,1-2H3. The van der Waals surface area contributed by atoms with Crippen LogP contribution >= 0.6 is 0 Å². The van der Waals surface area contributed by atoms with Gasteiger partial charge in [-0.2, -0.15) is 4.98 Å². The van der Waals surface area contributed by atoms with E-state index in [-0.39, 0.29) is 30.0 Å². The summed E-state index contributed by atoms with van der Waals surface area (Å²) in [7, 11) is 2.77. The maximum absolute atomic E-state index is 12.9. The molecule has 0 atom stereocenters. The minimum atomic E-state index is -0.555. The van der Waals surface area contributed by atoms with E-state index >= 15 is 0 Å². The van der Waals surface area contributed by atoms with Crippen LogP contribution in [0.4, 0.5) is 0 Å². The number of rotatable bonds is 4. The summed E-state index contributed by atoms with van der Waals surface area (Å²) >= 11 is 0. The van der Waals surface area contributed by atoms with Gasteiger partial charge in [0.1, 0.15) is 0 Å². The number of carbonyl (C=O) groups is 1. The molecule has 0 amide bonds. The highest BCUT2D eigenvalue weighted by molar-refractivity contribution is 5.76. The topological polar surface area (TPSA) is 101 Å². The summed E-state index contributed by atoms with van der Waals surface area (Å²) in [6.45, 7) is -0.0786. The van der Waals surface area contributed by atoms with Crippen LogP contribution in [0.3, 0.4) is 0 Å². The fourth-order valence-corrected chi connectivity index (χ4v) is 2.99. The number of benzene rings is 1. The average Bonchev–Trinajstić information content (AvgIpc) is 3.24. The van der Waals surface area contributed by atoms with E-state index in [0.717, 1.165) is 10.1 Å². The zero-order valence-electron chi connectivity index (χ0n) is 14.7. The van der Waals surface area contributed by atoms with Crippen LogP contribution in [-0.4, -0.2) is 31.6 Å². The van der Waals surface area contributed by atoms with Gasteiger partial charge in [0.15, 0.2) is 16.9 Å². The van der Waals surface area contributed by atoms with Gasteiger partial charge >= 0.3 is 17.5 Å². The third kappa shape index (κ3) is 2.64. The van der Waals surface area contributed by atoms with E-state index in [4.69, 9.17) is 4.42 Å². The van der Waals surface area contributed by atoms with E-state index in [1.54, 1.807) is 6.20 Å². The lowest BCUT2D eigenvalue weighted by molar-refractivity contribution is -0.140. The number of aryl methyl sites for hydroxylation is 1. The van der Waals surface area contributed by atoms with Crippen LogP contribution < -0.4 is 11.2 Å². The predicted octanol–water partition coefficient (Wildman–Crippen LogP) is 1.17. The van der Waals surface area contributed by atoms with Gasteiger partial charge in [-0.15, -0.1) is 0 Å². The first-order valence-electron chi connectivity index (χ1n) is 8.25. The van der Waals surface area contributed by atoms with Gasteiger partial charge in [0, 0.05) is 19.2 Å². The molecule has 1 aromatic carbocycles. The van der Waals surface area contributed by atoms with E-state index in [1.165, 1.54) is 23.1 Å². The van der Waals surface area contributed by atoms with Crippen molar-refractivity contribution in [2.45, 2.75) is 13.0 Å². The predicted molar refractivity (Wildman–Crippen MR) is 96.5 cm³/mol. The van der Waals surface area contributed by atoms with Crippen molar-refractivity contribution >= 4 is 23.0 Å². The molecule has 0 aliphatic rings. The molecule has 0 radical (unpaired) electrons. The summed E-state index contributed by atoms with van der Waals surface area (Å²) < 4.78 is 14.1. The van der Waals surface area contributed by atoms with Crippen molar-refractivity contribution in [1.82, 2.24) is 18.5 Å². The fourth-order valence-electron chi connectivity index (χ4n) is 2.99. The van der Waals surface area contributed by atoms with E-state index in [1.807, 2.05) is 30.3 Å². The highest BCUT2D eigenvalue weighted by atomic mass is 16.5. The Morgan fingerprint density at radius 1 is 1.22 bits per heavy atom. The number of fused-ring (bicyclic) bond motifs is 3. The summed E-state index contributed by atoms with van der Waals surface area (Å²) in [5.74, 6) is 0.258. The second kappa shape index (κ2) is 6.27. The van der Waals surface area contributed by atoms with Gasteiger partial charge < -0.3 is 9.15 Å². The summed E-state index contributed by atoms with van der Waals surface area (Å²) in [5, 5.41) is 0. The number of carbonyl (C=O) groups excluding carboxylic acids is 1. The van der Waals surface area contributed by atoms with E-state index in [2.05, 4.69) is 9.72 Å². The Bertz CT molecular complexity index is 1280. The van der Waals surface area contributed by atoms with Crippen LogP contribution in [0.5, 0.6) is 0 Å². The van der Waals surface area contributed by atoms with Crippen LogP contribution in [0, 0.1) is 0 Å². The van der Waals surface area contributed by atoms with E-state index in [9.17, 15) is 14.4 Å². The third-order valence-corrected chi connectivity index (χ3v) is 4.42. The molecule has 9 nitrogen and oxygen atoms in total. The monoisotopic (exact) mass is 368 g/mol. The van der Waals surface area contributed by atoms with E-state index < -0.39 is 17.2 Å². The van der Waals surface area contributed by atoms with Gasteiger partial charge in [0.25, 0.3) is 5.56 Å². The summed E-state index contributed by atoms with van der Waals surface area (Å²) in [4.78, 5) is 41.1. The number of ether oxygens (including phenoxy) is 1. The number of imidazole rings is 1. The molecule has 4 rings (SSSR count). The number of methoxy groups -OCH3 is 1. The van der Waals surface area contributed by atoms with Gasteiger partial charge in [-0.25, -0.2) is 4.79 Å². The molecule has 27 heavy (non-hydrogen) atoms. The molecule has 0 N–H and O–H groups in total. The van der Waals surface area contributed by atoms with Gasteiger partial charge in [-0.1, -0.05) is 30.3 Å². The minimum Gasteiger partial charge on any atom is -0.469 e. The largest absolute Gasteiger partial charge is 0.469 e. The Balaban J connectivity index is 1.93. The molecule has 4 aromatic rings. The van der Waals surface area contributed by atoms with Crippen LogP contribution in [0.15, 0.2) is 50.5 Å². The van der Waals surface area contributed by atoms with Crippen molar-refractivity contribution in [2.75, 3.05) is 7.11 Å². The number of hydrogen-bond donors (Lipinski definition) is 0. The van der Waals surface area contributed by atoms with Crippen LogP contribution in [0.25, 0.3) is 28.3 Å². The van der Waals surface area contributed by atoms with Crippen molar-refractivity contribution in [1.29, 1.82) is 0 Å². The molecular weight excluding hydrogens is 352 g/mol. The van der Waals surface area contributed by atoms with Crippen molar-refractivity contribution in [3.63, 3.8) is 0 Å². The number of aromatic nitrogens is 4. The summed E-state index contributed by atoms with van der Waals surface area (Å²) in [5.41, 5.74) is 0.179. The average molecular weight is 368 g/mol. The molecule has 9 heteroatoms. The molecule has 0 saturated carbocycles. The SMILES string of the molecule is COC(=O)CCn1c(=O)c2c(nc3oc(-c4ccccc4)cn32)n(C)c1=O. The molecule has 0 aliphatic carbocycles. The first-order valence-corrected chi connectivity index (χ1v) is 8.25. The van der Waals surface area contributed by atoms with Crippen LogP contribution in [-0.2, 0) is 23.1 Å². The summed E-state index contributed by atoms with van der Waals surface area (Å²) in [6.07, 6.45) is 1.58.